The fourth-order valence-corrected chi connectivity index (χ4v) is 1.45. The Kier molecular flexibility index (Phi) is 4.57. The van der Waals surface area contributed by atoms with Gasteiger partial charge in [-0.25, -0.2) is 9.78 Å². The fourth-order valence-electron chi connectivity index (χ4n) is 1.45. The Hall–Kier alpha value is -1.99. The lowest BCUT2D eigenvalue weighted by Gasteiger charge is -2.21. The molecule has 8 heteroatoms. The number of pyridine rings is 1. The second-order valence-corrected chi connectivity index (χ2v) is 3.87. The van der Waals surface area contributed by atoms with Crippen LogP contribution in [0.1, 0.15) is 16.8 Å². The van der Waals surface area contributed by atoms with Crippen LogP contribution in [0.2, 0.25) is 0 Å². The monoisotopic (exact) mass is 277 g/mol. The van der Waals surface area contributed by atoms with Crippen molar-refractivity contribution in [1.82, 2.24) is 4.98 Å². The average Bonchev–Trinajstić information content (AvgIpc) is 2.34. The maximum atomic E-state index is 12.1. The highest BCUT2D eigenvalue weighted by Crippen LogP contribution is 2.26. The SMILES string of the molecule is COC(=O)c1ccnc(N(C)CCC(F)(F)F)c1N. The standard InChI is InChI=1S/C11H14F3N3O2/c1-17(6-4-11(12,13)14)9-8(15)7(3-5-16-9)10(18)19-2/h3,5H,4,6,15H2,1-2H3. The second kappa shape index (κ2) is 5.77. The topological polar surface area (TPSA) is 68.5 Å². The van der Waals surface area contributed by atoms with Gasteiger partial charge in [0.1, 0.15) is 0 Å². The van der Waals surface area contributed by atoms with Crippen LogP contribution in [0.4, 0.5) is 24.7 Å². The van der Waals surface area contributed by atoms with E-state index in [1.165, 1.54) is 31.3 Å². The minimum absolute atomic E-state index is 0.000903. The van der Waals surface area contributed by atoms with Crippen molar-refractivity contribution in [3.05, 3.63) is 17.8 Å². The van der Waals surface area contributed by atoms with Gasteiger partial charge in [0.2, 0.25) is 0 Å². The molecule has 1 rings (SSSR count). The quantitative estimate of drug-likeness (QED) is 0.850. The van der Waals surface area contributed by atoms with Gasteiger partial charge in [0.15, 0.2) is 5.82 Å². The van der Waals surface area contributed by atoms with Crippen molar-refractivity contribution in [1.29, 1.82) is 0 Å². The summed E-state index contributed by atoms with van der Waals surface area (Å²) in [5, 5.41) is 0. The van der Waals surface area contributed by atoms with Crippen LogP contribution in [0, 0.1) is 0 Å². The smallest absolute Gasteiger partial charge is 0.390 e. The van der Waals surface area contributed by atoms with E-state index in [1.54, 1.807) is 0 Å². The summed E-state index contributed by atoms with van der Waals surface area (Å²) < 4.78 is 40.9. The summed E-state index contributed by atoms with van der Waals surface area (Å²) in [6.07, 6.45) is -3.96. The molecule has 0 fully saturated rings. The molecule has 0 aliphatic heterocycles. The van der Waals surface area contributed by atoms with Crippen LogP contribution in [-0.4, -0.2) is 37.8 Å². The molecule has 0 saturated heterocycles. The van der Waals surface area contributed by atoms with E-state index in [1.807, 2.05) is 0 Å². The number of ether oxygens (including phenoxy) is 1. The van der Waals surface area contributed by atoms with Crippen molar-refractivity contribution < 1.29 is 22.7 Å². The van der Waals surface area contributed by atoms with Gasteiger partial charge in [-0.15, -0.1) is 0 Å². The summed E-state index contributed by atoms with van der Waals surface area (Å²) in [5.74, 6) is -0.544. The number of carbonyl (C=O) groups excluding carboxylic acids is 1. The molecule has 0 aromatic carbocycles. The van der Waals surface area contributed by atoms with Crippen molar-refractivity contribution >= 4 is 17.5 Å². The van der Waals surface area contributed by atoms with E-state index in [0.29, 0.717) is 0 Å². The molecule has 1 aromatic rings. The van der Waals surface area contributed by atoms with Crippen molar-refractivity contribution in [3.63, 3.8) is 0 Å². The van der Waals surface area contributed by atoms with Gasteiger partial charge in [0.05, 0.1) is 24.8 Å². The van der Waals surface area contributed by atoms with Crippen LogP contribution in [-0.2, 0) is 4.74 Å². The van der Waals surface area contributed by atoms with Gasteiger partial charge in [-0.2, -0.15) is 13.2 Å². The number of aromatic nitrogens is 1. The Morgan fingerprint density at radius 2 is 2.16 bits per heavy atom. The number of rotatable bonds is 4. The number of nitrogen functional groups attached to an aromatic ring is 1. The maximum Gasteiger partial charge on any atom is 0.390 e. The second-order valence-electron chi connectivity index (χ2n) is 3.87. The molecule has 0 radical (unpaired) electrons. The third-order valence-corrected chi connectivity index (χ3v) is 2.47. The Labute approximate surface area is 108 Å². The Bertz CT molecular complexity index is 463. The summed E-state index contributed by atoms with van der Waals surface area (Å²) in [5.41, 5.74) is 5.79. The fraction of sp³-hybridized carbons (Fsp3) is 0.455. The van der Waals surface area contributed by atoms with Crippen molar-refractivity contribution in [2.24, 2.45) is 0 Å². The molecular formula is C11H14F3N3O2. The minimum Gasteiger partial charge on any atom is -0.465 e. The van der Waals surface area contributed by atoms with E-state index >= 15 is 0 Å². The molecule has 19 heavy (non-hydrogen) atoms. The van der Waals surface area contributed by atoms with Gasteiger partial charge < -0.3 is 15.4 Å². The molecule has 0 aliphatic rings. The Balaban J connectivity index is 2.92. The third kappa shape index (κ3) is 4.01. The first-order valence-electron chi connectivity index (χ1n) is 5.37. The van der Waals surface area contributed by atoms with E-state index in [4.69, 9.17) is 5.73 Å². The molecule has 0 atom stereocenters. The number of halogens is 3. The number of nitrogens with zero attached hydrogens (tertiary/aromatic N) is 2. The molecule has 0 bridgehead atoms. The summed E-state index contributed by atoms with van der Waals surface area (Å²) in [6.45, 7) is -0.300. The van der Waals surface area contributed by atoms with Gasteiger partial charge >= 0.3 is 12.1 Å². The summed E-state index contributed by atoms with van der Waals surface area (Å²) in [4.78, 5) is 16.5. The van der Waals surface area contributed by atoms with E-state index in [-0.39, 0.29) is 23.6 Å². The van der Waals surface area contributed by atoms with Gasteiger partial charge in [-0.1, -0.05) is 0 Å². The predicted octanol–water partition coefficient (Wildman–Crippen LogP) is 1.84. The zero-order chi connectivity index (χ0) is 14.6. The van der Waals surface area contributed by atoms with Gasteiger partial charge in [-0.3, -0.25) is 0 Å². The van der Waals surface area contributed by atoms with Crippen LogP contribution in [0.5, 0.6) is 0 Å². The lowest BCUT2D eigenvalue weighted by atomic mass is 10.2. The molecule has 5 nitrogen and oxygen atoms in total. The molecule has 0 saturated carbocycles. The number of esters is 1. The largest absolute Gasteiger partial charge is 0.465 e. The van der Waals surface area contributed by atoms with E-state index in [2.05, 4.69) is 9.72 Å². The van der Waals surface area contributed by atoms with Gasteiger partial charge in [-0.05, 0) is 6.07 Å². The molecular weight excluding hydrogens is 263 g/mol. The molecule has 0 amide bonds. The number of anilines is 2. The van der Waals surface area contributed by atoms with Crippen LogP contribution < -0.4 is 10.6 Å². The zero-order valence-electron chi connectivity index (χ0n) is 10.5. The van der Waals surface area contributed by atoms with Crippen LogP contribution in [0.25, 0.3) is 0 Å². The van der Waals surface area contributed by atoms with Crippen LogP contribution >= 0.6 is 0 Å². The first kappa shape index (κ1) is 15.1. The van der Waals surface area contributed by atoms with Crippen molar-refractivity contribution in [2.45, 2.75) is 12.6 Å². The average molecular weight is 277 g/mol. The third-order valence-electron chi connectivity index (χ3n) is 2.47. The number of carbonyl (C=O) groups is 1. The summed E-state index contributed by atoms with van der Waals surface area (Å²) >= 11 is 0. The van der Waals surface area contributed by atoms with E-state index in [9.17, 15) is 18.0 Å². The molecule has 0 aliphatic carbocycles. The van der Waals surface area contributed by atoms with Gasteiger partial charge in [0, 0.05) is 19.8 Å². The maximum absolute atomic E-state index is 12.1. The van der Waals surface area contributed by atoms with Gasteiger partial charge in [0.25, 0.3) is 0 Å². The zero-order valence-corrected chi connectivity index (χ0v) is 10.5. The van der Waals surface area contributed by atoms with E-state index in [0.717, 1.165) is 0 Å². The molecule has 106 valence electrons. The first-order valence-corrected chi connectivity index (χ1v) is 5.37. The Morgan fingerprint density at radius 3 is 2.68 bits per heavy atom. The molecule has 2 N–H and O–H groups in total. The normalized spacial score (nSPS) is 11.2. The molecule has 1 aromatic heterocycles. The number of hydrogen-bond acceptors (Lipinski definition) is 5. The Morgan fingerprint density at radius 1 is 1.53 bits per heavy atom. The number of methoxy groups -OCH3 is 1. The van der Waals surface area contributed by atoms with E-state index < -0.39 is 18.6 Å². The van der Waals surface area contributed by atoms with Crippen LogP contribution in [0.3, 0.4) is 0 Å². The summed E-state index contributed by atoms with van der Waals surface area (Å²) in [6, 6.07) is 1.35. The number of hydrogen-bond donors (Lipinski definition) is 1. The van der Waals surface area contributed by atoms with Crippen LogP contribution in [0.15, 0.2) is 12.3 Å². The first-order chi connectivity index (χ1) is 8.76. The highest BCUT2D eigenvalue weighted by Gasteiger charge is 2.28. The molecule has 0 unspecified atom stereocenters. The lowest BCUT2D eigenvalue weighted by molar-refractivity contribution is -0.132. The molecule has 0 spiro atoms. The number of alkyl halides is 3. The summed E-state index contributed by atoms with van der Waals surface area (Å²) in [7, 11) is 2.61. The molecule has 1 heterocycles. The predicted molar refractivity (Wildman–Crippen MR) is 63.9 cm³/mol. The highest BCUT2D eigenvalue weighted by atomic mass is 19.4. The lowest BCUT2D eigenvalue weighted by Crippen LogP contribution is -2.26. The van der Waals surface area contributed by atoms with Crippen molar-refractivity contribution in [2.75, 3.05) is 31.3 Å². The number of nitrogens with two attached hydrogens (primary N) is 1. The highest BCUT2D eigenvalue weighted by molar-refractivity contribution is 5.97. The minimum atomic E-state index is -4.26. The van der Waals surface area contributed by atoms with Crippen molar-refractivity contribution in [3.8, 4) is 0 Å².